The molecular weight excluding hydrogens is 168 g/mol. The lowest BCUT2D eigenvalue weighted by Gasteiger charge is -2.35. The Balaban J connectivity index is 2.23. The molecule has 2 aliphatic carbocycles. The Bertz CT molecular complexity index is 238. The molecule has 2 bridgehead atoms. The van der Waals surface area contributed by atoms with Crippen LogP contribution in [0.15, 0.2) is 0 Å². The lowest BCUT2D eigenvalue weighted by atomic mass is 9.69. The predicted molar refractivity (Wildman–Crippen MR) is 47.3 cm³/mol. The third-order valence-corrected chi connectivity index (χ3v) is 4.00. The van der Waals surface area contributed by atoms with Gasteiger partial charge in [-0.25, -0.2) is 0 Å². The van der Waals surface area contributed by atoms with Crippen LogP contribution in [0, 0.1) is 10.8 Å². The Morgan fingerprint density at radius 1 is 1.23 bits per heavy atom. The fourth-order valence-electron chi connectivity index (χ4n) is 3.13. The summed E-state index contributed by atoms with van der Waals surface area (Å²) >= 11 is 0. The highest BCUT2D eigenvalue weighted by molar-refractivity contribution is 5.75. The maximum atomic E-state index is 11.1. The molecule has 0 radical (unpaired) electrons. The molecule has 2 fully saturated rings. The maximum absolute atomic E-state index is 11.1. The Labute approximate surface area is 77.8 Å². The molecule has 3 nitrogen and oxygen atoms in total. The highest BCUT2D eigenvalue weighted by Crippen LogP contribution is 2.58. The van der Waals surface area contributed by atoms with E-state index in [-0.39, 0.29) is 12.0 Å². The molecule has 3 heteroatoms. The van der Waals surface area contributed by atoms with Crippen molar-refractivity contribution in [2.45, 2.75) is 38.5 Å². The third-order valence-electron chi connectivity index (χ3n) is 4.00. The Kier molecular flexibility index (Phi) is 1.88. The quantitative estimate of drug-likeness (QED) is 0.682. The molecule has 0 aromatic rings. The van der Waals surface area contributed by atoms with E-state index < -0.39 is 11.4 Å². The van der Waals surface area contributed by atoms with Gasteiger partial charge in [0.1, 0.15) is 0 Å². The Hall–Kier alpha value is -0.570. The predicted octanol–water partition coefficient (Wildman–Crippen LogP) is 1.40. The molecule has 2 atom stereocenters. The maximum Gasteiger partial charge on any atom is 0.309 e. The number of hydrogen-bond donors (Lipinski definition) is 2. The SMILES string of the molecule is O=C(O)C12CCCC(CO)(CC1)C2. The van der Waals surface area contributed by atoms with E-state index in [9.17, 15) is 9.90 Å². The molecule has 0 heterocycles. The molecule has 2 aliphatic rings. The molecule has 0 spiro atoms. The second kappa shape index (κ2) is 2.71. The lowest BCUT2D eigenvalue weighted by Crippen LogP contribution is -2.35. The number of fused-ring (bicyclic) bond motifs is 2. The number of carbonyl (C=O) groups is 1. The van der Waals surface area contributed by atoms with Gasteiger partial charge < -0.3 is 10.2 Å². The molecular formula is C10H16O3. The van der Waals surface area contributed by atoms with Crippen LogP contribution in [0.2, 0.25) is 0 Å². The molecule has 0 saturated heterocycles. The van der Waals surface area contributed by atoms with Crippen LogP contribution in [0.25, 0.3) is 0 Å². The van der Waals surface area contributed by atoms with E-state index in [0.29, 0.717) is 6.42 Å². The zero-order chi connectivity index (χ0) is 9.53. The van der Waals surface area contributed by atoms with Gasteiger partial charge in [-0.15, -0.1) is 0 Å². The molecule has 2 unspecified atom stereocenters. The largest absolute Gasteiger partial charge is 0.481 e. The number of aliphatic hydroxyl groups is 1. The zero-order valence-corrected chi connectivity index (χ0v) is 7.75. The summed E-state index contributed by atoms with van der Waals surface area (Å²) in [4.78, 5) is 11.1. The summed E-state index contributed by atoms with van der Waals surface area (Å²) in [6.07, 6.45) is 5.15. The van der Waals surface area contributed by atoms with E-state index in [1.54, 1.807) is 0 Å². The minimum atomic E-state index is -0.650. The van der Waals surface area contributed by atoms with E-state index >= 15 is 0 Å². The average Bonchev–Trinajstić information content (AvgIpc) is 2.41. The van der Waals surface area contributed by atoms with Gasteiger partial charge in [-0.2, -0.15) is 0 Å². The van der Waals surface area contributed by atoms with Gasteiger partial charge in [0.25, 0.3) is 0 Å². The Morgan fingerprint density at radius 3 is 2.62 bits per heavy atom. The van der Waals surface area contributed by atoms with Crippen molar-refractivity contribution in [2.75, 3.05) is 6.61 Å². The van der Waals surface area contributed by atoms with Gasteiger partial charge in [0.05, 0.1) is 5.41 Å². The van der Waals surface area contributed by atoms with E-state index in [1.807, 2.05) is 0 Å². The van der Waals surface area contributed by atoms with Gasteiger partial charge in [0.15, 0.2) is 0 Å². The smallest absolute Gasteiger partial charge is 0.309 e. The van der Waals surface area contributed by atoms with Crippen LogP contribution in [0.3, 0.4) is 0 Å². The van der Waals surface area contributed by atoms with Gasteiger partial charge >= 0.3 is 5.97 Å². The Morgan fingerprint density at radius 2 is 2.00 bits per heavy atom. The first kappa shape index (κ1) is 9.00. The summed E-state index contributed by atoms with van der Waals surface area (Å²) in [7, 11) is 0. The molecule has 2 saturated carbocycles. The van der Waals surface area contributed by atoms with Crippen molar-refractivity contribution in [1.82, 2.24) is 0 Å². The van der Waals surface area contributed by atoms with Crippen LogP contribution in [-0.4, -0.2) is 22.8 Å². The van der Waals surface area contributed by atoms with Crippen molar-refractivity contribution in [2.24, 2.45) is 10.8 Å². The van der Waals surface area contributed by atoms with Gasteiger partial charge in [0.2, 0.25) is 0 Å². The first-order valence-electron chi connectivity index (χ1n) is 4.97. The van der Waals surface area contributed by atoms with Gasteiger partial charge in [0, 0.05) is 6.61 Å². The second-order valence-electron chi connectivity index (χ2n) is 4.77. The van der Waals surface area contributed by atoms with Crippen LogP contribution in [0.1, 0.15) is 38.5 Å². The van der Waals surface area contributed by atoms with Gasteiger partial charge in [-0.1, -0.05) is 6.42 Å². The number of aliphatic hydroxyl groups excluding tert-OH is 1. The monoisotopic (exact) mass is 184 g/mol. The van der Waals surface area contributed by atoms with Crippen LogP contribution < -0.4 is 0 Å². The number of aliphatic carboxylic acids is 1. The number of hydrogen-bond acceptors (Lipinski definition) is 2. The van der Waals surface area contributed by atoms with E-state index in [2.05, 4.69) is 0 Å². The minimum absolute atomic E-state index is 0.0450. The average molecular weight is 184 g/mol. The summed E-state index contributed by atoms with van der Waals surface area (Å²) in [5, 5.41) is 18.4. The summed E-state index contributed by atoms with van der Waals surface area (Å²) < 4.78 is 0. The van der Waals surface area contributed by atoms with Crippen molar-refractivity contribution in [1.29, 1.82) is 0 Å². The highest BCUT2D eigenvalue weighted by atomic mass is 16.4. The fraction of sp³-hybridized carbons (Fsp3) is 0.900. The van der Waals surface area contributed by atoms with Crippen molar-refractivity contribution < 1.29 is 15.0 Å². The van der Waals surface area contributed by atoms with Crippen LogP contribution in [0.4, 0.5) is 0 Å². The highest BCUT2D eigenvalue weighted by Gasteiger charge is 2.54. The zero-order valence-electron chi connectivity index (χ0n) is 7.75. The molecule has 13 heavy (non-hydrogen) atoms. The molecule has 0 aromatic carbocycles. The topological polar surface area (TPSA) is 57.5 Å². The van der Waals surface area contributed by atoms with Crippen LogP contribution >= 0.6 is 0 Å². The van der Waals surface area contributed by atoms with Crippen molar-refractivity contribution in [3.05, 3.63) is 0 Å². The molecule has 2 rings (SSSR count). The molecule has 74 valence electrons. The minimum Gasteiger partial charge on any atom is -0.481 e. The first-order valence-corrected chi connectivity index (χ1v) is 4.97. The van der Waals surface area contributed by atoms with Crippen molar-refractivity contribution in [3.63, 3.8) is 0 Å². The van der Waals surface area contributed by atoms with Gasteiger partial charge in [-0.05, 0) is 37.5 Å². The second-order valence-corrected chi connectivity index (χ2v) is 4.77. The van der Waals surface area contributed by atoms with E-state index in [1.165, 1.54) is 0 Å². The van der Waals surface area contributed by atoms with E-state index in [0.717, 1.165) is 32.1 Å². The lowest BCUT2D eigenvalue weighted by molar-refractivity contribution is -0.151. The molecule has 0 amide bonds. The number of carboxylic acids is 1. The van der Waals surface area contributed by atoms with Gasteiger partial charge in [-0.3, -0.25) is 4.79 Å². The van der Waals surface area contributed by atoms with E-state index in [4.69, 9.17) is 5.11 Å². The molecule has 0 aromatic heterocycles. The normalized spacial score (nSPS) is 43.5. The van der Waals surface area contributed by atoms with Crippen molar-refractivity contribution in [3.8, 4) is 0 Å². The summed E-state index contributed by atoms with van der Waals surface area (Å²) in [6.45, 7) is 0.169. The first-order chi connectivity index (χ1) is 6.13. The third kappa shape index (κ3) is 1.17. The van der Waals surface area contributed by atoms with Crippen molar-refractivity contribution >= 4 is 5.97 Å². The van der Waals surface area contributed by atoms with Crippen LogP contribution in [0.5, 0.6) is 0 Å². The number of rotatable bonds is 2. The summed E-state index contributed by atoms with van der Waals surface area (Å²) in [5.41, 5.74) is -0.530. The van der Waals surface area contributed by atoms with Crippen LogP contribution in [-0.2, 0) is 4.79 Å². The molecule has 2 N–H and O–H groups in total. The molecule has 0 aliphatic heterocycles. The fourth-order valence-corrected chi connectivity index (χ4v) is 3.13. The summed E-state index contributed by atoms with van der Waals surface area (Å²) in [6, 6.07) is 0. The number of carboxylic acid groups (broad SMARTS) is 1. The summed E-state index contributed by atoms with van der Waals surface area (Å²) in [5.74, 6) is -0.650. The standard InChI is InChI=1S/C10H16O3/c11-7-9-2-1-3-10(6-9,5-4-9)8(12)13/h11H,1-7H2,(H,12,13).